The van der Waals surface area contributed by atoms with E-state index in [9.17, 15) is 4.79 Å². The summed E-state index contributed by atoms with van der Waals surface area (Å²) in [5.41, 5.74) is 1.57. The van der Waals surface area contributed by atoms with Gasteiger partial charge in [0.05, 0.1) is 0 Å². The lowest BCUT2D eigenvalue weighted by Crippen LogP contribution is -2.46. The highest BCUT2D eigenvalue weighted by molar-refractivity contribution is 5.98. The van der Waals surface area contributed by atoms with E-state index in [1.807, 2.05) is 23.8 Å². The van der Waals surface area contributed by atoms with Crippen LogP contribution in [0.1, 0.15) is 37.1 Å². The lowest BCUT2D eigenvalue weighted by molar-refractivity contribution is 0.0885. The number of fused-ring (bicyclic) bond motifs is 3. The lowest BCUT2D eigenvalue weighted by Gasteiger charge is -2.28. The number of nitrogens with zero attached hydrogens (tertiary/aromatic N) is 3. The van der Waals surface area contributed by atoms with Crippen molar-refractivity contribution >= 4 is 16.9 Å². The van der Waals surface area contributed by atoms with Gasteiger partial charge in [0.15, 0.2) is 0 Å². The number of hydrogen-bond donors (Lipinski definition) is 1. The van der Waals surface area contributed by atoms with Crippen molar-refractivity contribution in [3.8, 4) is 0 Å². The minimum atomic E-state index is -0.0130. The Labute approximate surface area is 112 Å². The zero-order valence-corrected chi connectivity index (χ0v) is 11.5. The Morgan fingerprint density at radius 3 is 3.00 bits per heavy atom. The number of carbonyl (C=O) groups is 1. The van der Waals surface area contributed by atoms with Crippen LogP contribution < -0.4 is 5.32 Å². The summed E-state index contributed by atoms with van der Waals surface area (Å²) in [5, 5.41) is 3.99. The van der Waals surface area contributed by atoms with Crippen LogP contribution in [0.5, 0.6) is 0 Å². The average Bonchev–Trinajstić information content (AvgIpc) is 2.77. The van der Waals surface area contributed by atoms with E-state index in [0.29, 0.717) is 11.6 Å². The maximum atomic E-state index is 12.1. The van der Waals surface area contributed by atoms with Gasteiger partial charge in [0, 0.05) is 30.6 Å². The van der Waals surface area contributed by atoms with Crippen molar-refractivity contribution < 1.29 is 4.79 Å². The van der Waals surface area contributed by atoms with Gasteiger partial charge in [-0.05, 0) is 12.0 Å². The van der Waals surface area contributed by atoms with E-state index >= 15 is 0 Å². The fourth-order valence-electron chi connectivity index (χ4n) is 2.48. The first kappa shape index (κ1) is 12.1. The van der Waals surface area contributed by atoms with E-state index in [0.717, 1.165) is 29.8 Å². The fraction of sp³-hybridized carbons (Fsp3) is 0.500. The van der Waals surface area contributed by atoms with E-state index in [-0.39, 0.29) is 11.9 Å². The van der Waals surface area contributed by atoms with Crippen molar-refractivity contribution in [2.24, 2.45) is 5.92 Å². The summed E-state index contributed by atoms with van der Waals surface area (Å²) in [4.78, 5) is 21.0. The van der Waals surface area contributed by atoms with E-state index in [1.165, 1.54) is 0 Å². The summed E-state index contributed by atoms with van der Waals surface area (Å²) in [5.74, 6) is 1.21. The average molecular weight is 258 g/mol. The monoisotopic (exact) mass is 258 g/mol. The topological polar surface area (TPSA) is 59.8 Å². The molecule has 1 amide bonds. The van der Waals surface area contributed by atoms with Gasteiger partial charge < -0.3 is 9.88 Å². The number of rotatable bonds is 2. The van der Waals surface area contributed by atoms with Crippen LogP contribution in [0.25, 0.3) is 11.0 Å². The summed E-state index contributed by atoms with van der Waals surface area (Å²) in [7, 11) is 0. The molecule has 0 aromatic carbocycles. The van der Waals surface area contributed by atoms with Gasteiger partial charge in [-0.1, -0.05) is 20.8 Å². The van der Waals surface area contributed by atoms with Crippen molar-refractivity contribution in [2.45, 2.75) is 39.8 Å². The maximum Gasteiger partial charge on any atom is 0.268 e. The van der Waals surface area contributed by atoms with Gasteiger partial charge in [0.25, 0.3) is 5.91 Å². The largest absolute Gasteiger partial charge is 0.346 e. The first-order valence-corrected chi connectivity index (χ1v) is 6.76. The minimum absolute atomic E-state index is 0.0130. The van der Waals surface area contributed by atoms with Gasteiger partial charge in [0.1, 0.15) is 17.2 Å². The van der Waals surface area contributed by atoms with Crippen molar-refractivity contribution in [2.75, 3.05) is 0 Å². The van der Waals surface area contributed by atoms with Gasteiger partial charge in [-0.3, -0.25) is 4.79 Å². The molecular formula is C14H18N4O. The van der Waals surface area contributed by atoms with Crippen LogP contribution in [-0.2, 0) is 13.0 Å². The zero-order valence-electron chi connectivity index (χ0n) is 11.5. The second-order valence-electron chi connectivity index (χ2n) is 5.38. The predicted octanol–water partition coefficient (Wildman–Crippen LogP) is 1.76. The highest BCUT2D eigenvalue weighted by Gasteiger charge is 2.28. The van der Waals surface area contributed by atoms with Crippen LogP contribution in [0.4, 0.5) is 0 Å². The van der Waals surface area contributed by atoms with E-state index < -0.39 is 0 Å². The molecule has 0 spiro atoms. The molecule has 2 aromatic rings. The fourth-order valence-corrected chi connectivity index (χ4v) is 2.48. The van der Waals surface area contributed by atoms with Gasteiger partial charge in [-0.15, -0.1) is 0 Å². The molecule has 1 aliphatic heterocycles. The molecule has 0 saturated heterocycles. The van der Waals surface area contributed by atoms with Crippen molar-refractivity contribution in [1.29, 1.82) is 0 Å². The number of aromatic nitrogens is 3. The van der Waals surface area contributed by atoms with E-state index in [2.05, 4.69) is 29.1 Å². The molecule has 0 bridgehead atoms. The molecule has 0 aliphatic carbocycles. The molecule has 5 nitrogen and oxygen atoms in total. The Hall–Kier alpha value is -1.91. The number of amides is 1. The Bertz CT molecular complexity index is 644. The second kappa shape index (κ2) is 4.33. The van der Waals surface area contributed by atoms with Crippen molar-refractivity contribution in [1.82, 2.24) is 19.9 Å². The molecule has 1 N–H and O–H groups in total. The number of carbonyl (C=O) groups excluding carboxylic acids is 1. The standard InChI is InChI=1S/C14H18N4O/c1-4-12-15-6-9-5-11-14(19)16-10(8(2)3)7-18(11)13(9)17-12/h5-6,8,10H,4,7H2,1-3H3,(H,16,19). The first-order chi connectivity index (χ1) is 9.10. The molecule has 100 valence electrons. The lowest BCUT2D eigenvalue weighted by atomic mass is 10.0. The van der Waals surface area contributed by atoms with Crippen LogP contribution in [0.2, 0.25) is 0 Å². The Morgan fingerprint density at radius 2 is 2.32 bits per heavy atom. The van der Waals surface area contributed by atoms with Gasteiger partial charge >= 0.3 is 0 Å². The molecule has 1 unspecified atom stereocenters. The predicted molar refractivity (Wildman–Crippen MR) is 73.0 cm³/mol. The number of nitrogens with one attached hydrogen (secondary N) is 1. The molecule has 1 aliphatic rings. The molecule has 0 saturated carbocycles. The van der Waals surface area contributed by atoms with Crippen molar-refractivity contribution in [3.63, 3.8) is 0 Å². The van der Waals surface area contributed by atoms with E-state index in [4.69, 9.17) is 0 Å². The molecule has 1 atom stereocenters. The Kier molecular flexibility index (Phi) is 2.77. The molecule has 0 fully saturated rings. The van der Waals surface area contributed by atoms with Crippen LogP contribution in [0.3, 0.4) is 0 Å². The van der Waals surface area contributed by atoms with Crippen LogP contribution in [0.15, 0.2) is 12.3 Å². The van der Waals surface area contributed by atoms with E-state index in [1.54, 1.807) is 0 Å². The van der Waals surface area contributed by atoms with Gasteiger partial charge in [-0.25, -0.2) is 9.97 Å². The Morgan fingerprint density at radius 1 is 1.53 bits per heavy atom. The summed E-state index contributed by atoms with van der Waals surface area (Å²) in [6.07, 6.45) is 2.61. The molecular weight excluding hydrogens is 240 g/mol. The third kappa shape index (κ3) is 1.89. The molecule has 2 aromatic heterocycles. The molecule has 19 heavy (non-hydrogen) atoms. The SMILES string of the molecule is CCc1ncc2cc3n(c2n1)CC(C(C)C)NC3=O. The zero-order chi connectivity index (χ0) is 13.6. The number of aryl methyl sites for hydroxylation is 1. The summed E-state index contributed by atoms with van der Waals surface area (Å²) < 4.78 is 2.03. The highest BCUT2D eigenvalue weighted by Crippen LogP contribution is 2.23. The maximum absolute atomic E-state index is 12.1. The second-order valence-corrected chi connectivity index (χ2v) is 5.38. The van der Waals surface area contributed by atoms with Crippen molar-refractivity contribution in [3.05, 3.63) is 23.8 Å². The summed E-state index contributed by atoms with van der Waals surface area (Å²) in [6.45, 7) is 7.05. The summed E-state index contributed by atoms with van der Waals surface area (Å²) >= 11 is 0. The molecule has 3 heterocycles. The third-order valence-electron chi connectivity index (χ3n) is 3.73. The molecule has 3 rings (SSSR count). The van der Waals surface area contributed by atoms with Gasteiger partial charge in [-0.2, -0.15) is 0 Å². The first-order valence-electron chi connectivity index (χ1n) is 6.76. The van der Waals surface area contributed by atoms with Crippen LogP contribution in [-0.4, -0.2) is 26.5 Å². The molecule has 0 radical (unpaired) electrons. The minimum Gasteiger partial charge on any atom is -0.346 e. The highest BCUT2D eigenvalue weighted by atomic mass is 16.2. The third-order valence-corrected chi connectivity index (χ3v) is 3.73. The smallest absolute Gasteiger partial charge is 0.268 e. The Balaban J connectivity index is 2.15. The van der Waals surface area contributed by atoms with Crippen LogP contribution >= 0.6 is 0 Å². The summed E-state index contributed by atoms with van der Waals surface area (Å²) in [6, 6.07) is 2.04. The number of hydrogen-bond acceptors (Lipinski definition) is 3. The molecule has 5 heteroatoms. The van der Waals surface area contributed by atoms with Gasteiger partial charge in [0.2, 0.25) is 0 Å². The normalized spacial score (nSPS) is 18.7. The van der Waals surface area contributed by atoms with Crippen LogP contribution in [0, 0.1) is 5.92 Å². The quantitative estimate of drug-likeness (QED) is 0.893.